The van der Waals surface area contributed by atoms with E-state index >= 15 is 0 Å². The zero-order chi connectivity index (χ0) is 16.6. The molecule has 1 aliphatic rings. The molecule has 1 aliphatic heterocycles. The summed E-state index contributed by atoms with van der Waals surface area (Å²) >= 11 is 0. The Labute approximate surface area is 147 Å². The van der Waals surface area contributed by atoms with E-state index in [-0.39, 0.29) is 0 Å². The molecule has 1 heteroatoms. The van der Waals surface area contributed by atoms with E-state index in [2.05, 4.69) is 14.0 Å². The smallest absolute Gasteiger partial charge is 0.0786 e. The van der Waals surface area contributed by atoms with Gasteiger partial charge in [-0.25, -0.2) is 0 Å². The lowest BCUT2D eigenvalue weighted by Gasteiger charge is -2.29. The molecular formula is C22H46N+. The molecule has 23 heavy (non-hydrogen) atoms. The van der Waals surface area contributed by atoms with Gasteiger partial charge in [0.1, 0.15) is 0 Å². The molecule has 0 aromatic rings. The summed E-state index contributed by atoms with van der Waals surface area (Å²) in [5.41, 5.74) is 0. The van der Waals surface area contributed by atoms with Gasteiger partial charge in [0, 0.05) is 12.8 Å². The highest BCUT2D eigenvalue weighted by atomic mass is 15.3. The lowest BCUT2D eigenvalue weighted by molar-refractivity contribution is -0.897. The molecule has 0 spiro atoms. The fourth-order valence-corrected chi connectivity index (χ4v) is 4.19. The fraction of sp³-hybridized carbons (Fsp3) is 1.00. The van der Waals surface area contributed by atoms with Crippen LogP contribution in [-0.2, 0) is 0 Å². The lowest BCUT2D eigenvalue weighted by atomic mass is 10.0. The quantitative estimate of drug-likeness (QED) is 0.210. The molecule has 0 atom stereocenters. The summed E-state index contributed by atoms with van der Waals surface area (Å²) in [4.78, 5) is 0. The lowest BCUT2D eigenvalue weighted by Crippen LogP contribution is -2.41. The summed E-state index contributed by atoms with van der Waals surface area (Å²) in [5, 5.41) is 0. The van der Waals surface area contributed by atoms with E-state index < -0.39 is 0 Å². The van der Waals surface area contributed by atoms with Crippen LogP contribution in [0.5, 0.6) is 0 Å². The van der Waals surface area contributed by atoms with Crippen molar-refractivity contribution in [2.24, 2.45) is 0 Å². The summed E-state index contributed by atoms with van der Waals surface area (Å²) in [6.07, 6.45) is 25.0. The van der Waals surface area contributed by atoms with Gasteiger partial charge in [0.25, 0.3) is 0 Å². The normalized spacial score (nSPS) is 17.0. The average molecular weight is 325 g/mol. The third kappa shape index (κ3) is 12.0. The first kappa shape index (κ1) is 21.0. The molecule has 1 heterocycles. The van der Waals surface area contributed by atoms with Crippen LogP contribution in [0.2, 0.25) is 0 Å². The van der Waals surface area contributed by atoms with Crippen LogP contribution in [0, 0.1) is 0 Å². The SMILES string of the molecule is CCCCCCCCCCCCCCCCC[N+]1(C)CCCC1. The van der Waals surface area contributed by atoms with Gasteiger partial charge in [-0.3, -0.25) is 0 Å². The Hall–Kier alpha value is -0.0400. The molecular weight excluding hydrogens is 278 g/mol. The minimum atomic E-state index is 1.37. The first-order valence-electron chi connectivity index (χ1n) is 11.1. The van der Waals surface area contributed by atoms with Gasteiger partial charge in [-0.15, -0.1) is 0 Å². The van der Waals surface area contributed by atoms with Crippen LogP contribution in [0.3, 0.4) is 0 Å². The van der Waals surface area contributed by atoms with E-state index in [9.17, 15) is 0 Å². The second-order valence-corrected chi connectivity index (χ2v) is 8.45. The molecule has 1 saturated heterocycles. The summed E-state index contributed by atoms with van der Waals surface area (Å²) in [6, 6.07) is 0. The molecule has 1 rings (SSSR count). The monoisotopic (exact) mass is 324 g/mol. The van der Waals surface area contributed by atoms with Gasteiger partial charge in [-0.2, -0.15) is 0 Å². The van der Waals surface area contributed by atoms with Crippen LogP contribution < -0.4 is 0 Å². The minimum absolute atomic E-state index is 1.37. The number of hydrogen-bond acceptors (Lipinski definition) is 0. The first-order valence-corrected chi connectivity index (χ1v) is 11.1. The zero-order valence-electron chi connectivity index (χ0n) is 16.6. The number of likely N-dealkylation sites (tertiary alicyclic amines) is 1. The van der Waals surface area contributed by atoms with E-state index in [1.165, 1.54) is 133 Å². The first-order chi connectivity index (χ1) is 11.3. The zero-order valence-corrected chi connectivity index (χ0v) is 16.6. The second-order valence-electron chi connectivity index (χ2n) is 8.45. The van der Waals surface area contributed by atoms with Crippen molar-refractivity contribution in [1.29, 1.82) is 0 Å². The maximum absolute atomic E-state index is 2.47. The second kappa shape index (κ2) is 14.3. The standard InChI is InChI=1S/C22H46N/c1-3-4-5-6-7-8-9-10-11-12-13-14-15-16-17-20-23(2)21-18-19-22-23/h3-22H2,1-2H3/q+1. The summed E-state index contributed by atoms with van der Waals surface area (Å²) in [6.45, 7) is 6.63. The van der Waals surface area contributed by atoms with E-state index in [0.717, 1.165) is 0 Å². The van der Waals surface area contributed by atoms with Crippen LogP contribution in [0.15, 0.2) is 0 Å². The van der Waals surface area contributed by atoms with Crippen LogP contribution in [-0.4, -0.2) is 31.2 Å². The highest BCUT2D eigenvalue weighted by molar-refractivity contribution is 4.53. The summed E-state index contributed by atoms with van der Waals surface area (Å²) < 4.78 is 1.37. The maximum Gasteiger partial charge on any atom is 0.0786 e. The number of hydrogen-bond donors (Lipinski definition) is 0. The van der Waals surface area contributed by atoms with E-state index in [0.29, 0.717) is 0 Å². The molecule has 0 aliphatic carbocycles. The number of rotatable bonds is 16. The Morgan fingerprint density at radius 3 is 1.26 bits per heavy atom. The Balaban J connectivity index is 1.70. The van der Waals surface area contributed by atoms with E-state index in [4.69, 9.17) is 0 Å². The Kier molecular flexibility index (Phi) is 13.1. The van der Waals surface area contributed by atoms with Crippen molar-refractivity contribution in [3.05, 3.63) is 0 Å². The molecule has 0 bridgehead atoms. The molecule has 0 aromatic carbocycles. The molecule has 1 fully saturated rings. The minimum Gasteiger partial charge on any atom is -0.326 e. The molecule has 0 radical (unpaired) electrons. The van der Waals surface area contributed by atoms with Crippen molar-refractivity contribution < 1.29 is 4.48 Å². The molecule has 0 amide bonds. The van der Waals surface area contributed by atoms with Crippen molar-refractivity contribution in [1.82, 2.24) is 0 Å². The van der Waals surface area contributed by atoms with Gasteiger partial charge in [0.2, 0.25) is 0 Å². The van der Waals surface area contributed by atoms with Crippen molar-refractivity contribution >= 4 is 0 Å². The van der Waals surface area contributed by atoms with Gasteiger partial charge in [0.15, 0.2) is 0 Å². The van der Waals surface area contributed by atoms with Crippen LogP contribution >= 0.6 is 0 Å². The molecule has 0 aromatic heterocycles. The highest BCUT2D eigenvalue weighted by Crippen LogP contribution is 2.18. The van der Waals surface area contributed by atoms with Gasteiger partial charge >= 0.3 is 0 Å². The largest absolute Gasteiger partial charge is 0.326 e. The van der Waals surface area contributed by atoms with Gasteiger partial charge in [-0.05, 0) is 12.8 Å². The van der Waals surface area contributed by atoms with Gasteiger partial charge < -0.3 is 4.48 Å². The van der Waals surface area contributed by atoms with Crippen LogP contribution in [0.4, 0.5) is 0 Å². The third-order valence-corrected chi connectivity index (χ3v) is 5.95. The summed E-state index contributed by atoms with van der Waals surface area (Å²) in [7, 11) is 2.47. The van der Waals surface area contributed by atoms with Crippen molar-refractivity contribution in [2.45, 2.75) is 116 Å². The number of quaternary nitrogens is 1. The van der Waals surface area contributed by atoms with Crippen LogP contribution in [0.25, 0.3) is 0 Å². The predicted molar refractivity (Wildman–Crippen MR) is 105 cm³/mol. The van der Waals surface area contributed by atoms with Crippen molar-refractivity contribution in [2.75, 3.05) is 26.7 Å². The van der Waals surface area contributed by atoms with E-state index in [1.807, 2.05) is 0 Å². The molecule has 0 saturated carbocycles. The third-order valence-electron chi connectivity index (χ3n) is 5.95. The predicted octanol–water partition coefficient (Wildman–Crippen LogP) is 7.10. The number of unbranched alkanes of at least 4 members (excludes halogenated alkanes) is 14. The number of nitrogens with zero attached hydrogens (tertiary/aromatic N) is 1. The van der Waals surface area contributed by atoms with E-state index in [1.54, 1.807) is 0 Å². The fourth-order valence-electron chi connectivity index (χ4n) is 4.19. The molecule has 0 unspecified atom stereocenters. The topological polar surface area (TPSA) is 0 Å². The maximum atomic E-state index is 2.47. The average Bonchev–Trinajstić information content (AvgIpc) is 2.98. The Bertz CT molecular complexity index is 242. The van der Waals surface area contributed by atoms with Gasteiger partial charge in [0.05, 0.1) is 26.7 Å². The van der Waals surface area contributed by atoms with Crippen LogP contribution in [0.1, 0.15) is 116 Å². The Morgan fingerprint density at radius 2 is 0.870 bits per heavy atom. The highest BCUT2D eigenvalue weighted by Gasteiger charge is 2.25. The van der Waals surface area contributed by atoms with Gasteiger partial charge in [-0.1, -0.05) is 90.4 Å². The summed E-state index contributed by atoms with van der Waals surface area (Å²) in [5.74, 6) is 0. The molecule has 1 nitrogen and oxygen atoms in total. The molecule has 138 valence electrons. The van der Waals surface area contributed by atoms with Crippen molar-refractivity contribution in [3.8, 4) is 0 Å². The Morgan fingerprint density at radius 1 is 0.522 bits per heavy atom. The van der Waals surface area contributed by atoms with Crippen molar-refractivity contribution in [3.63, 3.8) is 0 Å². The molecule has 0 N–H and O–H groups in total.